The van der Waals surface area contributed by atoms with Gasteiger partial charge in [-0.3, -0.25) is 10.2 Å². The van der Waals surface area contributed by atoms with Gasteiger partial charge in [0.05, 0.1) is 22.3 Å². The van der Waals surface area contributed by atoms with E-state index in [1.54, 1.807) is 22.6 Å². The molecule has 3 heterocycles. The van der Waals surface area contributed by atoms with E-state index in [2.05, 4.69) is 20.2 Å². The highest BCUT2D eigenvalue weighted by Gasteiger charge is 2.30. The summed E-state index contributed by atoms with van der Waals surface area (Å²) < 4.78 is 0. The topological polar surface area (TPSA) is 113 Å². The van der Waals surface area contributed by atoms with Crippen LogP contribution in [0.4, 0.5) is 22.9 Å². The third kappa shape index (κ3) is 3.46. The van der Waals surface area contributed by atoms with Crippen molar-refractivity contribution in [1.82, 2.24) is 14.9 Å². The summed E-state index contributed by atoms with van der Waals surface area (Å²) in [6, 6.07) is 3.97. The number of aryl methyl sites for hydroxylation is 1. The molecular formula is C23H28N7OS+. The van der Waals surface area contributed by atoms with Gasteiger partial charge >= 0.3 is 0 Å². The largest absolute Gasteiger partial charge is 0.398 e. The van der Waals surface area contributed by atoms with E-state index >= 15 is 0 Å². The molecule has 9 heteroatoms. The first-order valence-corrected chi connectivity index (χ1v) is 11.7. The highest BCUT2D eigenvalue weighted by atomic mass is 32.1. The molecule has 0 bridgehead atoms. The van der Waals surface area contributed by atoms with Crippen LogP contribution in [0.25, 0.3) is 10.2 Å². The first-order valence-electron chi connectivity index (χ1n) is 10.9. The average molecular weight is 451 g/mol. The van der Waals surface area contributed by atoms with Crippen LogP contribution < -0.4 is 21.4 Å². The Morgan fingerprint density at radius 1 is 1.34 bits per heavy atom. The standard InChI is InChI=1S/C23H27N7OS/c1-29(2)23(31)13-4-5-15-19(9-13)32-22-20(15)21(26-12-27-22)28-17-8-14(11-24)16(25)10-18(17)30-6-3-7-30/h8,10-13,24H,3-7,9,25H2,1-2H3,(H,26,27,28)/p+1/t13-/m0/s1. The molecule has 1 fully saturated rings. The van der Waals surface area contributed by atoms with Crippen molar-refractivity contribution in [3.63, 3.8) is 0 Å². The van der Waals surface area contributed by atoms with Gasteiger partial charge in [0, 0.05) is 43.7 Å². The Balaban J connectivity index is 1.54. The van der Waals surface area contributed by atoms with Gasteiger partial charge in [-0.05, 0) is 43.4 Å². The number of fused-ring (bicyclic) bond motifs is 3. The van der Waals surface area contributed by atoms with E-state index in [4.69, 9.17) is 11.1 Å². The lowest BCUT2D eigenvalue weighted by atomic mass is 9.87. The van der Waals surface area contributed by atoms with Gasteiger partial charge in [0.2, 0.25) is 5.91 Å². The molecular weight excluding hydrogens is 422 g/mol. The minimum absolute atomic E-state index is 0.0349. The second-order valence-electron chi connectivity index (χ2n) is 8.71. The van der Waals surface area contributed by atoms with Gasteiger partial charge in [-0.15, -0.1) is 11.3 Å². The second-order valence-corrected chi connectivity index (χ2v) is 9.79. The van der Waals surface area contributed by atoms with Crippen molar-refractivity contribution in [3.05, 3.63) is 34.5 Å². The number of nitrogens with one attached hydrogen (secondary N) is 1. The zero-order valence-electron chi connectivity index (χ0n) is 18.4. The summed E-state index contributed by atoms with van der Waals surface area (Å²) in [5.74, 6) is 1.02. The first-order chi connectivity index (χ1) is 15.5. The minimum Gasteiger partial charge on any atom is -0.398 e. The van der Waals surface area contributed by atoms with E-state index in [9.17, 15) is 4.79 Å². The number of carbonyl (C=O) groups is 1. The van der Waals surface area contributed by atoms with Crippen LogP contribution in [0.3, 0.4) is 0 Å². The molecule has 3 aromatic rings. The van der Waals surface area contributed by atoms with Crippen LogP contribution in [0.2, 0.25) is 0 Å². The maximum atomic E-state index is 12.5. The van der Waals surface area contributed by atoms with Crippen LogP contribution in [0.1, 0.15) is 28.8 Å². The van der Waals surface area contributed by atoms with Crippen LogP contribution in [-0.2, 0) is 17.6 Å². The lowest BCUT2D eigenvalue weighted by Gasteiger charge is -2.35. The fourth-order valence-corrected chi connectivity index (χ4v) is 5.86. The summed E-state index contributed by atoms with van der Waals surface area (Å²) >= 11 is 1.68. The molecule has 0 saturated carbocycles. The molecule has 2 aliphatic rings. The van der Waals surface area contributed by atoms with Crippen molar-refractivity contribution >= 4 is 56.6 Å². The average Bonchev–Trinajstić information content (AvgIpc) is 3.12. The van der Waals surface area contributed by atoms with Crippen molar-refractivity contribution in [2.24, 2.45) is 5.92 Å². The third-order valence-corrected chi connectivity index (χ3v) is 7.63. The number of benzene rings is 1. The number of aromatic nitrogens is 2. The van der Waals surface area contributed by atoms with Gasteiger partial charge in [0.25, 0.3) is 0 Å². The molecule has 166 valence electrons. The van der Waals surface area contributed by atoms with Gasteiger partial charge in [0.15, 0.2) is 6.21 Å². The number of nitrogens with two attached hydrogens (primary N) is 2. The summed E-state index contributed by atoms with van der Waals surface area (Å²) in [6.07, 6.45) is 6.77. The number of hydrogen-bond acceptors (Lipinski definition) is 7. The van der Waals surface area contributed by atoms with E-state index in [0.717, 1.165) is 65.3 Å². The molecule has 5 rings (SSSR count). The summed E-state index contributed by atoms with van der Waals surface area (Å²) in [5.41, 5.74) is 10.9. The SMILES string of the molecule is CN(C)C(=O)[C@H]1CCc2c(sc3ncnc(Nc4cc(C=[NH2+])c(N)cc4N4CCC4)c23)C1. The molecule has 5 N–H and O–H groups in total. The number of rotatable bonds is 5. The normalized spacial score (nSPS) is 17.6. The van der Waals surface area contributed by atoms with Crippen LogP contribution in [0.5, 0.6) is 0 Å². The van der Waals surface area contributed by atoms with Gasteiger partial charge in [-0.25, -0.2) is 9.97 Å². The quantitative estimate of drug-likeness (QED) is 0.402. The summed E-state index contributed by atoms with van der Waals surface area (Å²) in [7, 11) is 3.65. The molecule has 0 spiro atoms. The number of thiophene rings is 1. The Labute approximate surface area is 191 Å². The van der Waals surface area contributed by atoms with Gasteiger partial charge in [-0.1, -0.05) is 0 Å². The van der Waals surface area contributed by atoms with Crippen LogP contribution >= 0.6 is 11.3 Å². The fraction of sp³-hybridized carbons (Fsp3) is 0.391. The predicted octanol–water partition coefficient (Wildman–Crippen LogP) is 1.60. The molecule has 1 aliphatic heterocycles. The Morgan fingerprint density at radius 3 is 2.84 bits per heavy atom. The molecule has 1 atom stereocenters. The van der Waals surface area contributed by atoms with Gasteiger partial charge < -0.3 is 20.9 Å². The molecule has 8 nitrogen and oxygen atoms in total. The number of amides is 1. The van der Waals surface area contributed by atoms with E-state index in [-0.39, 0.29) is 11.8 Å². The van der Waals surface area contributed by atoms with Crippen LogP contribution in [-0.4, -0.2) is 54.2 Å². The maximum Gasteiger partial charge on any atom is 0.225 e. The van der Waals surface area contributed by atoms with E-state index in [1.807, 2.05) is 26.2 Å². The lowest BCUT2D eigenvalue weighted by Crippen LogP contribution is -2.37. The van der Waals surface area contributed by atoms with Crippen molar-refractivity contribution < 1.29 is 10.2 Å². The van der Waals surface area contributed by atoms with Crippen molar-refractivity contribution in [1.29, 1.82) is 0 Å². The number of carbonyl (C=O) groups excluding carboxylic acids is 1. The van der Waals surface area contributed by atoms with E-state index in [1.165, 1.54) is 23.1 Å². The fourth-order valence-electron chi connectivity index (χ4n) is 4.59. The van der Waals surface area contributed by atoms with Gasteiger partial charge in [0.1, 0.15) is 17.0 Å². The Morgan fingerprint density at radius 2 is 2.16 bits per heavy atom. The maximum absolute atomic E-state index is 12.5. The predicted molar refractivity (Wildman–Crippen MR) is 130 cm³/mol. The zero-order chi connectivity index (χ0) is 22.4. The molecule has 32 heavy (non-hydrogen) atoms. The molecule has 0 unspecified atom stereocenters. The van der Waals surface area contributed by atoms with Crippen molar-refractivity contribution in [2.45, 2.75) is 25.7 Å². The third-order valence-electron chi connectivity index (χ3n) is 6.47. The molecule has 0 radical (unpaired) electrons. The van der Waals surface area contributed by atoms with Gasteiger partial charge in [-0.2, -0.15) is 0 Å². The van der Waals surface area contributed by atoms with Crippen LogP contribution in [0.15, 0.2) is 18.5 Å². The summed E-state index contributed by atoms with van der Waals surface area (Å²) in [5, 5.41) is 10.4. The Hall–Kier alpha value is -3.20. The van der Waals surface area contributed by atoms with Crippen molar-refractivity contribution in [2.75, 3.05) is 43.1 Å². The Bertz CT molecular complexity index is 1210. The summed E-state index contributed by atoms with van der Waals surface area (Å²) in [4.78, 5) is 27.9. The number of hydrogen-bond donors (Lipinski definition) is 3. The second kappa shape index (κ2) is 8.05. The zero-order valence-corrected chi connectivity index (χ0v) is 19.2. The number of nitrogen functional groups attached to an aromatic ring is 1. The number of anilines is 4. The monoisotopic (exact) mass is 450 g/mol. The molecule has 1 aromatic carbocycles. The molecule has 1 saturated heterocycles. The first kappa shape index (κ1) is 20.7. The highest BCUT2D eigenvalue weighted by molar-refractivity contribution is 7.19. The van der Waals surface area contributed by atoms with E-state index < -0.39 is 0 Å². The minimum atomic E-state index is 0.0349. The Kier molecular flexibility index (Phi) is 5.21. The lowest BCUT2D eigenvalue weighted by molar-refractivity contribution is -0.133. The number of nitrogens with zero attached hydrogens (tertiary/aromatic N) is 4. The smallest absolute Gasteiger partial charge is 0.225 e. The highest BCUT2D eigenvalue weighted by Crippen LogP contribution is 2.42. The molecule has 2 aromatic heterocycles. The van der Waals surface area contributed by atoms with E-state index in [0.29, 0.717) is 5.69 Å². The van der Waals surface area contributed by atoms with Crippen LogP contribution in [0, 0.1) is 5.92 Å². The molecule has 1 amide bonds. The molecule has 1 aliphatic carbocycles. The van der Waals surface area contributed by atoms with Crippen molar-refractivity contribution in [3.8, 4) is 0 Å². The summed E-state index contributed by atoms with van der Waals surface area (Å²) in [6.45, 7) is 2.02.